The van der Waals surface area contributed by atoms with E-state index in [1.165, 1.54) is 0 Å². The molecule has 2 aromatic carbocycles. The number of ether oxygens (including phenoxy) is 1. The number of hydrogen-bond donors (Lipinski definition) is 2. The molecular weight excluding hydrogens is 342 g/mol. The lowest BCUT2D eigenvalue weighted by atomic mass is 10.1. The zero-order valence-electron chi connectivity index (χ0n) is 15.6. The zero-order valence-corrected chi connectivity index (χ0v) is 15.6. The molecule has 0 radical (unpaired) electrons. The molecule has 3 N–H and O–H groups in total. The summed E-state index contributed by atoms with van der Waals surface area (Å²) in [4.78, 5) is 26.1. The fourth-order valence-electron chi connectivity index (χ4n) is 3.05. The molecule has 1 fully saturated rings. The third kappa shape index (κ3) is 4.86. The van der Waals surface area contributed by atoms with Crippen LogP contribution in [0.15, 0.2) is 48.5 Å². The fourth-order valence-corrected chi connectivity index (χ4v) is 3.05. The zero-order chi connectivity index (χ0) is 19.4. The van der Waals surface area contributed by atoms with Crippen molar-refractivity contribution in [2.24, 2.45) is 5.73 Å². The van der Waals surface area contributed by atoms with Crippen LogP contribution in [-0.4, -0.2) is 35.9 Å². The maximum absolute atomic E-state index is 12.7. The highest BCUT2D eigenvalue weighted by Gasteiger charge is 2.35. The smallest absolute Gasteiger partial charge is 0.248 e. The van der Waals surface area contributed by atoms with Crippen LogP contribution in [0, 0.1) is 0 Å². The van der Waals surface area contributed by atoms with Gasteiger partial charge >= 0.3 is 0 Å². The lowest BCUT2D eigenvalue weighted by Gasteiger charge is -2.28. The molecule has 1 aliphatic rings. The number of nitrogens with two attached hydrogens (primary N) is 1. The van der Waals surface area contributed by atoms with E-state index < -0.39 is 5.91 Å². The maximum atomic E-state index is 12.7. The van der Waals surface area contributed by atoms with Crippen LogP contribution in [0.2, 0.25) is 0 Å². The third-order valence-corrected chi connectivity index (χ3v) is 4.85. The van der Waals surface area contributed by atoms with Crippen molar-refractivity contribution in [2.45, 2.75) is 38.4 Å². The van der Waals surface area contributed by atoms with Gasteiger partial charge in [-0.05, 0) is 61.7 Å². The lowest BCUT2D eigenvalue weighted by Crippen LogP contribution is -2.43. The van der Waals surface area contributed by atoms with Crippen molar-refractivity contribution in [1.82, 2.24) is 4.90 Å². The summed E-state index contributed by atoms with van der Waals surface area (Å²) in [7, 11) is 1.65. The Hall–Kier alpha value is -2.86. The molecule has 0 saturated heterocycles. The van der Waals surface area contributed by atoms with E-state index in [4.69, 9.17) is 10.5 Å². The minimum Gasteiger partial charge on any atom is -0.497 e. The van der Waals surface area contributed by atoms with E-state index in [1.807, 2.05) is 31.2 Å². The summed E-state index contributed by atoms with van der Waals surface area (Å²) >= 11 is 0. The summed E-state index contributed by atoms with van der Waals surface area (Å²) in [6.45, 7) is 2.64. The van der Waals surface area contributed by atoms with Gasteiger partial charge in [-0.15, -0.1) is 0 Å². The summed E-state index contributed by atoms with van der Waals surface area (Å²) in [5.74, 6) is 0.268. The molecule has 0 heterocycles. The second kappa shape index (κ2) is 8.22. The van der Waals surface area contributed by atoms with Crippen LogP contribution in [0.5, 0.6) is 5.75 Å². The normalized spacial score (nSPS) is 14.6. The van der Waals surface area contributed by atoms with Crippen molar-refractivity contribution >= 4 is 17.5 Å². The molecule has 2 amide bonds. The Bertz CT molecular complexity index is 798. The standard InChI is InChI=1S/C21H25N3O3/c1-14(21(26)23-17-7-5-16(6-8-17)20(22)25)24(18-9-10-18)13-15-3-11-19(27-2)12-4-15/h3-8,11-12,14,18H,9-10,13H2,1-2H3,(H2,22,25)(H,23,26)/t14-/m0/s1. The molecule has 0 unspecified atom stereocenters. The first-order valence-corrected chi connectivity index (χ1v) is 9.07. The highest BCUT2D eigenvalue weighted by atomic mass is 16.5. The van der Waals surface area contributed by atoms with Gasteiger partial charge in [0.05, 0.1) is 13.2 Å². The number of anilines is 1. The molecular formula is C21H25N3O3. The van der Waals surface area contributed by atoms with Crippen molar-refractivity contribution in [1.29, 1.82) is 0 Å². The Morgan fingerprint density at radius 2 is 1.78 bits per heavy atom. The quantitative estimate of drug-likeness (QED) is 0.751. The number of rotatable bonds is 8. The van der Waals surface area contributed by atoms with Gasteiger partial charge < -0.3 is 15.8 Å². The van der Waals surface area contributed by atoms with Crippen LogP contribution >= 0.6 is 0 Å². The van der Waals surface area contributed by atoms with E-state index >= 15 is 0 Å². The molecule has 0 bridgehead atoms. The summed E-state index contributed by atoms with van der Waals surface area (Å²) in [6.07, 6.45) is 2.22. The Balaban J connectivity index is 1.65. The van der Waals surface area contributed by atoms with Gasteiger partial charge in [-0.1, -0.05) is 12.1 Å². The SMILES string of the molecule is COc1ccc(CN(C2CC2)[C@@H](C)C(=O)Nc2ccc(C(N)=O)cc2)cc1. The number of methoxy groups -OCH3 is 1. The number of amides is 2. The Morgan fingerprint density at radius 1 is 1.15 bits per heavy atom. The Kier molecular flexibility index (Phi) is 5.76. The van der Waals surface area contributed by atoms with Gasteiger partial charge in [0, 0.05) is 23.8 Å². The Labute approximate surface area is 159 Å². The number of primary amides is 1. The molecule has 1 atom stereocenters. The second-order valence-electron chi connectivity index (χ2n) is 6.86. The van der Waals surface area contributed by atoms with Crippen molar-refractivity contribution in [3.05, 3.63) is 59.7 Å². The number of hydrogen-bond acceptors (Lipinski definition) is 4. The Morgan fingerprint density at radius 3 is 2.30 bits per heavy atom. The van der Waals surface area contributed by atoms with E-state index in [9.17, 15) is 9.59 Å². The first kappa shape index (κ1) is 18.9. The monoisotopic (exact) mass is 367 g/mol. The van der Waals surface area contributed by atoms with E-state index in [0.717, 1.165) is 24.2 Å². The number of carbonyl (C=O) groups excluding carboxylic acids is 2. The minimum atomic E-state index is -0.486. The molecule has 0 aromatic heterocycles. The minimum absolute atomic E-state index is 0.0674. The summed E-state index contributed by atoms with van der Waals surface area (Å²) < 4.78 is 5.20. The molecule has 0 spiro atoms. The van der Waals surface area contributed by atoms with Crippen molar-refractivity contribution in [3.8, 4) is 5.75 Å². The van der Waals surface area contributed by atoms with Gasteiger partial charge in [0.25, 0.3) is 0 Å². The van der Waals surface area contributed by atoms with E-state index in [2.05, 4.69) is 10.2 Å². The molecule has 2 aromatic rings. The van der Waals surface area contributed by atoms with Crippen LogP contribution < -0.4 is 15.8 Å². The average Bonchev–Trinajstić information content (AvgIpc) is 3.51. The van der Waals surface area contributed by atoms with Gasteiger partial charge in [0.2, 0.25) is 11.8 Å². The summed E-state index contributed by atoms with van der Waals surface area (Å²) in [5.41, 5.74) is 7.46. The molecule has 0 aliphatic heterocycles. The van der Waals surface area contributed by atoms with Crippen molar-refractivity contribution in [2.75, 3.05) is 12.4 Å². The second-order valence-corrected chi connectivity index (χ2v) is 6.86. The highest BCUT2D eigenvalue weighted by molar-refractivity contribution is 5.96. The van der Waals surface area contributed by atoms with E-state index in [1.54, 1.807) is 31.4 Å². The lowest BCUT2D eigenvalue weighted by molar-refractivity contribution is -0.121. The van der Waals surface area contributed by atoms with Crippen LogP contribution in [0.4, 0.5) is 5.69 Å². The van der Waals surface area contributed by atoms with Crippen LogP contribution in [-0.2, 0) is 11.3 Å². The summed E-state index contributed by atoms with van der Waals surface area (Å²) in [6, 6.07) is 14.7. The number of nitrogens with one attached hydrogen (secondary N) is 1. The molecule has 6 heteroatoms. The first-order chi connectivity index (χ1) is 13.0. The van der Waals surface area contributed by atoms with Crippen LogP contribution in [0.25, 0.3) is 0 Å². The molecule has 27 heavy (non-hydrogen) atoms. The predicted octanol–water partition coefficient (Wildman–Crippen LogP) is 2.79. The fraction of sp³-hybridized carbons (Fsp3) is 0.333. The van der Waals surface area contributed by atoms with Gasteiger partial charge in [0.15, 0.2) is 0 Å². The molecule has 1 aliphatic carbocycles. The van der Waals surface area contributed by atoms with Gasteiger partial charge in [-0.2, -0.15) is 0 Å². The average molecular weight is 367 g/mol. The van der Waals surface area contributed by atoms with Gasteiger partial charge in [-0.3, -0.25) is 14.5 Å². The number of benzene rings is 2. The van der Waals surface area contributed by atoms with Crippen LogP contribution in [0.1, 0.15) is 35.7 Å². The van der Waals surface area contributed by atoms with E-state index in [0.29, 0.717) is 23.8 Å². The highest BCUT2D eigenvalue weighted by Crippen LogP contribution is 2.31. The van der Waals surface area contributed by atoms with Crippen molar-refractivity contribution in [3.63, 3.8) is 0 Å². The number of carbonyl (C=O) groups is 2. The first-order valence-electron chi connectivity index (χ1n) is 9.07. The van der Waals surface area contributed by atoms with Gasteiger partial charge in [-0.25, -0.2) is 0 Å². The maximum Gasteiger partial charge on any atom is 0.248 e. The number of nitrogens with zero attached hydrogens (tertiary/aromatic N) is 1. The van der Waals surface area contributed by atoms with Crippen molar-refractivity contribution < 1.29 is 14.3 Å². The topological polar surface area (TPSA) is 84.7 Å². The molecule has 6 nitrogen and oxygen atoms in total. The molecule has 142 valence electrons. The molecule has 3 rings (SSSR count). The largest absolute Gasteiger partial charge is 0.497 e. The van der Waals surface area contributed by atoms with Gasteiger partial charge in [0.1, 0.15) is 5.75 Å². The molecule has 1 saturated carbocycles. The van der Waals surface area contributed by atoms with Crippen LogP contribution in [0.3, 0.4) is 0 Å². The summed E-state index contributed by atoms with van der Waals surface area (Å²) in [5, 5.41) is 2.92. The third-order valence-electron chi connectivity index (χ3n) is 4.85. The predicted molar refractivity (Wildman–Crippen MR) is 105 cm³/mol. The van der Waals surface area contributed by atoms with E-state index in [-0.39, 0.29) is 11.9 Å².